The number of Topliss-reactive ketones (excluding diaryl/α,β-unsaturated/α-hetero) is 1. The lowest BCUT2D eigenvalue weighted by Gasteiger charge is -2.03. The van der Waals surface area contributed by atoms with Crippen LogP contribution in [0.3, 0.4) is 0 Å². The Morgan fingerprint density at radius 1 is 0.762 bits per heavy atom. The molecule has 2 aromatic carbocycles. The molecule has 4 N–H and O–H groups in total. The van der Waals surface area contributed by atoms with Gasteiger partial charge in [-0.25, -0.2) is 0 Å². The fourth-order valence-corrected chi connectivity index (χ4v) is 2.29. The maximum atomic E-state index is 12.0. The summed E-state index contributed by atoms with van der Waals surface area (Å²) in [6, 6.07) is 15.1. The van der Waals surface area contributed by atoms with Crippen LogP contribution in [0, 0.1) is 0 Å². The topological polar surface area (TPSA) is 69.1 Å². The third kappa shape index (κ3) is 4.95. The summed E-state index contributed by atoms with van der Waals surface area (Å²) in [5, 5.41) is 0. The number of benzene rings is 2. The smallest absolute Gasteiger partial charge is 0.162 e. The predicted molar refractivity (Wildman–Crippen MR) is 88.2 cm³/mol. The van der Waals surface area contributed by atoms with Gasteiger partial charge in [0.15, 0.2) is 5.78 Å². The molecule has 0 fully saturated rings. The lowest BCUT2D eigenvalue weighted by atomic mass is 10.0. The maximum absolute atomic E-state index is 12.0. The van der Waals surface area contributed by atoms with Crippen molar-refractivity contribution in [3.8, 4) is 0 Å². The number of carbonyl (C=O) groups excluding carboxylic acids is 1. The molecule has 0 spiro atoms. The van der Waals surface area contributed by atoms with Gasteiger partial charge in [0, 0.05) is 23.4 Å². The summed E-state index contributed by atoms with van der Waals surface area (Å²) in [5.74, 6) is 0.197. The first-order valence-electron chi connectivity index (χ1n) is 7.38. The number of hydrogen-bond acceptors (Lipinski definition) is 3. The fourth-order valence-electron chi connectivity index (χ4n) is 2.29. The highest BCUT2D eigenvalue weighted by molar-refractivity contribution is 5.96. The highest BCUT2D eigenvalue weighted by atomic mass is 16.1. The second-order valence-corrected chi connectivity index (χ2v) is 5.35. The van der Waals surface area contributed by atoms with Gasteiger partial charge in [0.05, 0.1) is 0 Å². The van der Waals surface area contributed by atoms with E-state index in [1.807, 2.05) is 12.1 Å². The monoisotopic (exact) mass is 282 g/mol. The van der Waals surface area contributed by atoms with Crippen molar-refractivity contribution >= 4 is 17.2 Å². The van der Waals surface area contributed by atoms with Crippen LogP contribution in [0.2, 0.25) is 0 Å². The molecule has 0 saturated heterocycles. The number of nitrogens with two attached hydrogens (primary N) is 2. The Balaban J connectivity index is 1.66. The van der Waals surface area contributed by atoms with E-state index in [-0.39, 0.29) is 5.78 Å². The van der Waals surface area contributed by atoms with Crippen LogP contribution in [0.4, 0.5) is 11.4 Å². The van der Waals surface area contributed by atoms with E-state index in [0.717, 1.165) is 36.9 Å². The van der Waals surface area contributed by atoms with E-state index < -0.39 is 0 Å². The molecule has 21 heavy (non-hydrogen) atoms. The van der Waals surface area contributed by atoms with Crippen molar-refractivity contribution in [3.05, 3.63) is 59.7 Å². The largest absolute Gasteiger partial charge is 0.399 e. The first kappa shape index (κ1) is 15.1. The van der Waals surface area contributed by atoms with Crippen LogP contribution in [0.5, 0.6) is 0 Å². The number of unbranched alkanes of at least 4 members (excludes halogenated alkanes) is 2. The first-order valence-corrected chi connectivity index (χ1v) is 7.38. The lowest BCUT2D eigenvalue weighted by molar-refractivity contribution is 0.0979. The standard InChI is InChI=1S/C18H22N2O/c19-16-10-6-14(7-11-16)4-2-1-3-5-18(21)15-8-12-17(20)13-9-15/h6-13H,1-5,19-20H2. The van der Waals surface area contributed by atoms with E-state index in [1.54, 1.807) is 24.3 Å². The van der Waals surface area contributed by atoms with Gasteiger partial charge in [-0.3, -0.25) is 4.79 Å². The van der Waals surface area contributed by atoms with Crippen molar-refractivity contribution in [2.75, 3.05) is 11.5 Å². The van der Waals surface area contributed by atoms with Gasteiger partial charge in [0.1, 0.15) is 0 Å². The number of ketones is 1. The summed E-state index contributed by atoms with van der Waals surface area (Å²) >= 11 is 0. The van der Waals surface area contributed by atoms with Crippen LogP contribution < -0.4 is 11.5 Å². The molecule has 0 aliphatic heterocycles. The Bertz CT molecular complexity index is 573. The molecule has 110 valence electrons. The number of nitrogen functional groups attached to an aromatic ring is 2. The van der Waals surface area contributed by atoms with Gasteiger partial charge >= 0.3 is 0 Å². The number of anilines is 2. The zero-order valence-corrected chi connectivity index (χ0v) is 12.2. The number of carbonyl (C=O) groups is 1. The molecule has 0 atom stereocenters. The highest BCUT2D eigenvalue weighted by Crippen LogP contribution is 2.13. The molecular weight excluding hydrogens is 260 g/mol. The van der Waals surface area contributed by atoms with Crippen LogP contribution in [0.15, 0.2) is 48.5 Å². The van der Waals surface area contributed by atoms with Gasteiger partial charge in [-0.05, 0) is 61.2 Å². The molecule has 0 radical (unpaired) electrons. The highest BCUT2D eigenvalue weighted by Gasteiger charge is 2.05. The minimum absolute atomic E-state index is 0.197. The van der Waals surface area contributed by atoms with Crippen LogP contribution in [0.25, 0.3) is 0 Å². The zero-order chi connectivity index (χ0) is 15.1. The Labute approximate surface area is 126 Å². The van der Waals surface area contributed by atoms with Gasteiger partial charge < -0.3 is 11.5 Å². The summed E-state index contributed by atoms with van der Waals surface area (Å²) in [4.78, 5) is 12.0. The average molecular weight is 282 g/mol. The molecule has 0 aliphatic carbocycles. The van der Waals surface area contributed by atoms with Crippen LogP contribution in [-0.4, -0.2) is 5.78 Å². The van der Waals surface area contributed by atoms with Crippen LogP contribution in [-0.2, 0) is 6.42 Å². The normalized spacial score (nSPS) is 10.5. The van der Waals surface area contributed by atoms with E-state index in [1.165, 1.54) is 5.56 Å². The summed E-state index contributed by atoms with van der Waals surface area (Å²) < 4.78 is 0. The number of aryl methyl sites for hydroxylation is 1. The second-order valence-electron chi connectivity index (χ2n) is 5.35. The zero-order valence-electron chi connectivity index (χ0n) is 12.2. The van der Waals surface area contributed by atoms with E-state index >= 15 is 0 Å². The van der Waals surface area contributed by atoms with Crippen molar-refractivity contribution in [2.24, 2.45) is 0 Å². The van der Waals surface area contributed by atoms with Gasteiger partial charge in [0.2, 0.25) is 0 Å². The lowest BCUT2D eigenvalue weighted by Crippen LogP contribution is -1.99. The molecular formula is C18H22N2O. The predicted octanol–water partition coefficient (Wildman–Crippen LogP) is 3.84. The fraction of sp³-hybridized carbons (Fsp3) is 0.278. The third-order valence-electron chi connectivity index (χ3n) is 3.58. The molecule has 0 aromatic heterocycles. The molecule has 0 saturated carbocycles. The van der Waals surface area contributed by atoms with Gasteiger partial charge in [-0.1, -0.05) is 18.6 Å². The number of rotatable bonds is 7. The average Bonchev–Trinajstić information content (AvgIpc) is 2.49. The molecule has 0 aliphatic rings. The van der Waals surface area contributed by atoms with E-state index in [9.17, 15) is 4.79 Å². The van der Waals surface area contributed by atoms with Crippen LogP contribution >= 0.6 is 0 Å². The van der Waals surface area contributed by atoms with E-state index in [0.29, 0.717) is 12.1 Å². The Morgan fingerprint density at radius 2 is 1.33 bits per heavy atom. The minimum Gasteiger partial charge on any atom is -0.399 e. The molecule has 0 amide bonds. The van der Waals surface area contributed by atoms with Crippen molar-refractivity contribution in [3.63, 3.8) is 0 Å². The van der Waals surface area contributed by atoms with Gasteiger partial charge in [-0.15, -0.1) is 0 Å². The first-order chi connectivity index (χ1) is 10.1. The second kappa shape index (κ2) is 7.48. The summed E-state index contributed by atoms with van der Waals surface area (Å²) in [5.41, 5.74) is 14.8. The Morgan fingerprint density at radius 3 is 1.95 bits per heavy atom. The molecule has 2 aromatic rings. The van der Waals surface area contributed by atoms with Crippen molar-refractivity contribution in [1.82, 2.24) is 0 Å². The molecule has 0 bridgehead atoms. The molecule has 3 nitrogen and oxygen atoms in total. The molecule has 0 unspecified atom stereocenters. The van der Waals surface area contributed by atoms with Crippen molar-refractivity contribution in [1.29, 1.82) is 0 Å². The summed E-state index contributed by atoms with van der Waals surface area (Å²) in [7, 11) is 0. The SMILES string of the molecule is Nc1ccc(CCCCCC(=O)c2ccc(N)cc2)cc1. The van der Waals surface area contributed by atoms with Gasteiger partial charge in [0.25, 0.3) is 0 Å². The summed E-state index contributed by atoms with van der Waals surface area (Å²) in [6.45, 7) is 0. The quantitative estimate of drug-likeness (QED) is 0.460. The molecule has 0 heterocycles. The van der Waals surface area contributed by atoms with E-state index in [2.05, 4.69) is 12.1 Å². The third-order valence-corrected chi connectivity index (χ3v) is 3.58. The van der Waals surface area contributed by atoms with Crippen molar-refractivity contribution < 1.29 is 4.79 Å². The Kier molecular flexibility index (Phi) is 5.38. The molecule has 3 heteroatoms. The van der Waals surface area contributed by atoms with E-state index in [4.69, 9.17) is 11.5 Å². The minimum atomic E-state index is 0.197. The Hall–Kier alpha value is -2.29. The summed E-state index contributed by atoms with van der Waals surface area (Å²) in [6.07, 6.45) is 4.73. The van der Waals surface area contributed by atoms with Crippen LogP contribution in [0.1, 0.15) is 41.6 Å². The molecule has 2 rings (SSSR count). The van der Waals surface area contributed by atoms with Gasteiger partial charge in [-0.2, -0.15) is 0 Å². The maximum Gasteiger partial charge on any atom is 0.162 e. The van der Waals surface area contributed by atoms with Crippen molar-refractivity contribution in [2.45, 2.75) is 32.1 Å². The number of hydrogen-bond donors (Lipinski definition) is 2.